The van der Waals surface area contributed by atoms with E-state index in [2.05, 4.69) is 86.8 Å². The van der Waals surface area contributed by atoms with Crippen molar-refractivity contribution in [1.82, 2.24) is 5.32 Å². The Labute approximate surface area is 476 Å². The lowest BCUT2D eigenvalue weighted by Crippen LogP contribution is -2.47. The zero-order chi connectivity index (χ0) is 56.4. The summed E-state index contributed by atoms with van der Waals surface area (Å²) in [6.45, 7) is 6.70. The number of nitrogens with one attached hydrogen (secondary N) is 1. The van der Waals surface area contributed by atoms with Gasteiger partial charge in [-0.1, -0.05) is 267 Å². The van der Waals surface area contributed by atoms with E-state index >= 15 is 0 Å². The van der Waals surface area contributed by atoms with E-state index in [0.29, 0.717) is 17.4 Å². The van der Waals surface area contributed by atoms with E-state index in [4.69, 9.17) is 13.8 Å². The number of rotatable bonds is 58. The molecule has 0 aromatic rings. The fourth-order valence-corrected chi connectivity index (χ4v) is 9.92. The topological polar surface area (TPSA) is 114 Å². The summed E-state index contributed by atoms with van der Waals surface area (Å²) in [4.78, 5) is 40.0. The number of hydrogen-bond donors (Lipinski definition) is 1. The summed E-state index contributed by atoms with van der Waals surface area (Å²) in [5.74, 6) is -0.551. The van der Waals surface area contributed by atoms with Crippen molar-refractivity contribution < 1.29 is 37.3 Å². The van der Waals surface area contributed by atoms with Crippen molar-refractivity contribution in [3.8, 4) is 0 Å². The SMILES string of the molecule is CC/C=C/C=C/C=C/CCCCCCCCCC(=O)NC(COP(=O)([O-])OCC[N+](C)(C)C)C(/C=C\CCCCCCCCCCCCC)OC(=O)CCCCCCCCCCCCCCC/C=C\C/C=C\CCCCC. The van der Waals surface area contributed by atoms with Crippen molar-refractivity contribution in [2.24, 2.45) is 0 Å². The van der Waals surface area contributed by atoms with Gasteiger partial charge in [0.05, 0.1) is 33.8 Å². The molecule has 0 aliphatic heterocycles. The molecule has 0 aromatic heterocycles. The molecule has 0 fully saturated rings. The van der Waals surface area contributed by atoms with Crippen LogP contribution in [0.15, 0.2) is 72.9 Å². The molecule has 0 saturated heterocycles. The van der Waals surface area contributed by atoms with E-state index in [9.17, 15) is 19.0 Å². The van der Waals surface area contributed by atoms with Gasteiger partial charge < -0.3 is 28.5 Å². The third-order valence-electron chi connectivity index (χ3n) is 14.2. The van der Waals surface area contributed by atoms with Crippen LogP contribution in [-0.4, -0.2) is 69.4 Å². The lowest BCUT2D eigenvalue weighted by molar-refractivity contribution is -0.870. The van der Waals surface area contributed by atoms with Gasteiger partial charge in [0, 0.05) is 12.8 Å². The minimum Gasteiger partial charge on any atom is -0.756 e. The number of phosphoric ester groups is 1. The molecule has 0 heterocycles. The molecular weight excluding hydrogens is 976 g/mol. The standard InChI is InChI=1S/C67H123N2O7P/c1-7-10-13-16-19-22-25-28-30-31-32-33-34-35-36-37-39-42-45-48-51-54-57-60-67(71)76-65(58-55-52-49-46-43-40-27-24-21-18-15-12-9-3)64(63-75-77(72,73)74-62-61-69(4,5)6)68-66(70)59-56-53-50-47-44-41-38-29-26-23-20-17-14-11-8-2/h11,14,17,19-20,22-23,26,28,30,55,58,64-65H,7-10,12-13,15-16,18,21,24-25,27,29,31-54,56-57,59-63H2,1-6H3,(H-,68,70,72,73)/b14-11+,20-17+,22-19-,26-23+,30-28-,58-55-. The van der Waals surface area contributed by atoms with Crippen LogP contribution in [0.25, 0.3) is 0 Å². The smallest absolute Gasteiger partial charge is 0.306 e. The van der Waals surface area contributed by atoms with E-state index in [1.807, 2.05) is 33.3 Å². The molecule has 448 valence electrons. The molecule has 0 bridgehead atoms. The van der Waals surface area contributed by atoms with Crippen LogP contribution in [0.2, 0.25) is 0 Å². The highest BCUT2D eigenvalue weighted by atomic mass is 31.2. The van der Waals surface area contributed by atoms with Crippen molar-refractivity contribution in [3.63, 3.8) is 0 Å². The summed E-state index contributed by atoms with van der Waals surface area (Å²) in [6.07, 6.45) is 73.0. The number of nitrogens with zero attached hydrogens (tertiary/aromatic N) is 1. The summed E-state index contributed by atoms with van der Waals surface area (Å²) in [5, 5.41) is 3.03. The number of likely N-dealkylation sites (N-methyl/N-ethyl adjacent to an activating group) is 1. The molecule has 0 aromatic carbocycles. The molecule has 0 saturated carbocycles. The van der Waals surface area contributed by atoms with Gasteiger partial charge in [0.2, 0.25) is 5.91 Å². The van der Waals surface area contributed by atoms with E-state index in [-0.39, 0.29) is 24.9 Å². The number of ether oxygens (including phenoxy) is 1. The first-order chi connectivity index (χ1) is 37.4. The number of allylic oxidation sites excluding steroid dienone is 11. The Morgan fingerprint density at radius 1 is 0.481 bits per heavy atom. The molecule has 0 aliphatic carbocycles. The molecule has 0 spiro atoms. The monoisotopic (exact) mass is 1100 g/mol. The van der Waals surface area contributed by atoms with Crippen LogP contribution < -0.4 is 10.2 Å². The summed E-state index contributed by atoms with van der Waals surface area (Å²) in [6, 6.07) is -0.897. The van der Waals surface area contributed by atoms with Crippen LogP contribution in [0.3, 0.4) is 0 Å². The first kappa shape index (κ1) is 74.5. The zero-order valence-electron chi connectivity index (χ0n) is 51.2. The highest BCUT2D eigenvalue weighted by Gasteiger charge is 2.27. The molecule has 0 rings (SSSR count). The summed E-state index contributed by atoms with van der Waals surface area (Å²) in [7, 11) is 1.17. The first-order valence-corrected chi connectivity index (χ1v) is 33.7. The highest BCUT2D eigenvalue weighted by molar-refractivity contribution is 7.45. The zero-order valence-corrected chi connectivity index (χ0v) is 52.0. The summed E-state index contributed by atoms with van der Waals surface area (Å²) < 4.78 is 30.3. The number of unbranched alkanes of at least 4 members (excludes halogenated alkanes) is 34. The van der Waals surface area contributed by atoms with Gasteiger partial charge in [0.25, 0.3) is 7.82 Å². The van der Waals surface area contributed by atoms with Crippen LogP contribution in [0.5, 0.6) is 0 Å². The van der Waals surface area contributed by atoms with Crippen molar-refractivity contribution >= 4 is 19.7 Å². The number of hydrogen-bond acceptors (Lipinski definition) is 7. The summed E-state index contributed by atoms with van der Waals surface area (Å²) >= 11 is 0. The number of amides is 1. The predicted molar refractivity (Wildman–Crippen MR) is 330 cm³/mol. The lowest BCUT2D eigenvalue weighted by atomic mass is 10.0. The predicted octanol–water partition coefficient (Wildman–Crippen LogP) is 19.4. The third-order valence-corrected chi connectivity index (χ3v) is 15.1. The maximum Gasteiger partial charge on any atom is 0.306 e. The Kier molecular flexibility index (Phi) is 54.8. The second-order valence-corrected chi connectivity index (χ2v) is 24.4. The van der Waals surface area contributed by atoms with Gasteiger partial charge in [-0.3, -0.25) is 14.2 Å². The van der Waals surface area contributed by atoms with Crippen LogP contribution >= 0.6 is 7.82 Å². The fourth-order valence-electron chi connectivity index (χ4n) is 9.20. The van der Waals surface area contributed by atoms with E-state index in [0.717, 1.165) is 83.5 Å². The molecular formula is C67H123N2O7P. The second kappa shape index (κ2) is 56.7. The second-order valence-electron chi connectivity index (χ2n) is 22.9. The van der Waals surface area contributed by atoms with Gasteiger partial charge >= 0.3 is 5.97 Å². The van der Waals surface area contributed by atoms with Crippen LogP contribution in [0.4, 0.5) is 0 Å². The number of esters is 1. The van der Waals surface area contributed by atoms with Crippen LogP contribution in [0, 0.1) is 0 Å². The Bertz CT molecular complexity index is 1550. The maximum atomic E-state index is 13.5. The normalized spacial score (nSPS) is 14.1. The molecule has 3 unspecified atom stereocenters. The van der Waals surface area contributed by atoms with Gasteiger partial charge in [0.1, 0.15) is 19.3 Å². The van der Waals surface area contributed by atoms with Gasteiger partial charge in [0.15, 0.2) is 0 Å². The largest absolute Gasteiger partial charge is 0.756 e. The van der Waals surface area contributed by atoms with E-state index < -0.39 is 26.6 Å². The van der Waals surface area contributed by atoms with Gasteiger partial charge in [-0.15, -0.1) is 0 Å². The number of carbonyl (C=O) groups excluding carboxylic acids is 2. The molecule has 3 atom stereocenters. The van der Waals surface area contributed by atoms with Crippen LogP contribution in [0.1, 0.15) is 290 Å². The molecule has 10 heteroatoms. The number of carbonyl (C=O) groups is 2. The van der Waals surface area contributed by atoms with Crippen molar-refractivity contribution in [2.45, 2.75) is 303 Å². The fraction of sp³-hybridized carbons (Fsp3) is 0.791. The van der Waals surface area contributed by atoms with Gasteiger partial charge in [-0.05, 0) is 83.1 Å². The van der Waals surface area contributed by atoms with Gasteiger partial charge in [-0.2, -0.15) is 0 Å². The molecule has 0 aliphatic rings. The van der Waals surface area contributed by atoms with Crippen molar-refractivity contribution in [3.05, 3.63) is 72.9 Å². The Hall–Kier alpha value is -2.55. The van der Waals surface area contributed by atoms with Crippen LogP contribution in [-0.2, 0) is 27.9 Å². The summed E-state index contributed by atoms with van der Waals surface area (Å²) in [5.41, 5.74) is 0. The third kappa shape index (κ3) is 57.9. The molecule has 1 amide bonds. The molecule has 9 nitrogen and oxygen atoms in total. The van der Waals surface area contributed by atoms with Crippen molar-refractivity contribution in [1.29, 1.82) is 0 Å². The molecule has 77 heavy (non-hydrogen) atoms. The quantitative estimate of drug-likeness (QED) is 0.0161. The Balaban J connectivity index is 5.18. The highest BCUT2D eigenvalue weighted by Crippen LogP contribution is 2.38. The molecule has 1 N–H and O–H groups in total. The van der Waals surface area contributed by atoms with E-state index in [1.54, 1.807) is 0 Å². The molecule has 0 radical (unpaired) electrons. The van der Waals surface area contributed by atoms with Gasteiger partial charge in [-0.25, -0.2) is 0 Å². The maximum absolute atomic E-state index is 13.5. The minimum atomic E-state index is -4.70. The Morgan fingerprint density at radius 2 is 0.883 bits per heavy atom. The average molecular weight is 1100 g/mol. The van der Waals surface area contributed by atoms with E-state index in [1.165, 1.54) is 173 Å². The average Bonchev–Trinajstić information content (AvgIpc) is 3.39. The number of phosphoric acid groups is 1. The lowest BCUT2D eigenvalue weighted by Gasteiger charge is -2.30. The van der Waals surface area contributed by atoms with Crippen molar-refractivity contribution in [2.75, 3.05) is 40.9 Å². The first-order valence-electron chi connectivity index (χ1n) is 32.3. The number of quaternary nitrogens is 1. The Morgan fingerprint density at radius 3 is 1.36 bits per heavy atom. The minimum absolute atomic E-state index is 0.0266.